The van der Waals surface area contributed by atoms with E-state index in [0.717, 1.165) is 11.1 Å². The molecule has 4 heteroatoms. The number of amides is 2. The second kappa shape index (κ2) is 4.74. The smallest absolute Gasteiger partial charge is 0.266 e. The molecule has 2 aromatic rings. The lowest BCUT2D eigenvalue weighted by atomic mass is 9.99. The predicted molar refractivity (Wildman–Crippen MR) is 80.1 cm³/mol. The molecule has 0 bridgehead atoms. The number of imide groups is 1. The number of methoxy groups -OCH3 is 1. The van der Waals surface area contributed by atoms with Crippen molar-refractivity contribution in [2.75, 3.05) is 12.0 Å². The highest BCUT2D eigenvalue weighted by molar-refractivity contribution is 6.35. The normalized spacial score (nSPS) is 13.6. The van der Waals surface area contributed by atoms with E-state index in [1.54, 1.807) is 31.4 Å². The zero-order valence-electron chi connectivity index (χ0n) is 12.1. The zero-order valence-corrected chi connectivity index (χ0v) is 12.1. The van der Waals surface area contributed by atoms with E-state index in [2.05, 4.69) is 0 Å². The average Bonchev–Trinajstić information content (AvgIpc) is 2.75. The van der Waals surface area contributed by atoms with Gasteiger partial charge in [0.15, 0.2) is 0 Å². The molecule has 0 N–H and O–H groups in total. The van der Waals surface area contributed by atoms with Gasteiger partial charge in [-0.3, -0.25) is 9.59 Å². The molecule has 0 atom stereocenters. The van der Waals surface area contributed by atoms with E-state index < -0.39 is 0 Å². The van der Waals surface area contributed by atoms with Gasteiger partial charge in [0.2, 0.25) is 0 Å². The van der Waals surface area contributed by atoms with Gasteiger partial charge >= 0.3 is 0 Å². The highest BCUT2D eigenvalue weighted by atomic mass is 16.5. The lowest BCUT2D eigenvalue weighted by Crippen LogP contribution is -2.29. The summed E-state index contributed by atoms with van der Waals surface area (Å²) in [6.45, 7) is 3.69. The van der Waals surface area contributed by atoms with Crippen LogP contribution in [0.5, 0.6) is 5.75 Å². The number of hydrogen-bond donors (Lipinski definition) is 0. The van der Waals surface area contributed by atoms with Crippen molar-refractivity contribution in [2.24, 2.45) is 0 Å². The van der Waals surface area contributed by atoms with Crippen molar-refractivity contribution in [3.63, 3.8) is 0 Å². The van der Waals surface area contributed by atoms with Crippen LogP contribution in [-0.4, -0.2) is 18.9 Å². The summed E-state index contributed by atoms with van der Waals surface area (Å²) < 4.78 is 5.16. The molecule has 21 heavy (non-hydrogen) atoms. The number of fused-ring (bicyclic) bond motifs is 1. The Morgan fingerprint density at radius 2 is 1.48 bits per heavy atom. The maximum Gasteiger partial charge on any atom is 0.266 e. The van der Waals surface area contributed by atoms with Crippen LogP contribution in [0, 0.1) is 13.8 Å². The molecular formula is C17H15NO3. The van der Waals surface area contributed by atoms with E-state index in [1.807, 2.05) is 26.0 Å². The van der Waals surface area contributed by atoms with E-state index in [-0.39, 0.29) is 11.8 Å². The second-order valence-electron chi connectivity index (χ2n) is 5.10. The molecule has 0 aliphatic carbocycles. The average molecular weight is 281 g/mol. The number of aryl methyl sites for hydroxylation is 2. The van der Waals surface area contributed by atoms with E-state index >= 15 is 0 Å². The number of ether oxygens (including phenoxy) is 1. The minimum Gasteiger partial charge on any atom is -0.497 e. The van der Waals surface area contributed by atoms with Crippen LogP contribution in [0.15, 0.2) is 36.4 Å². The zero-order chi connectivity index (χ0) is 15.1. The number of rotatable bonds is 2. The van der Waals surface area contributed by atoms with Crippen LogP contribution in [0.2, 0.25) is 0 Å². The summed E-state index contributed by atoms with van der Waals surface area (Å²) in [5.41, 5.74) is 3.17. The number of anilines is 1. The van der Waals surface area contributed by atoms with Crippen LogP contribution >= 0.6 is 0 Å². The summed E-state index contributed by atoms with van der Waals surface area (Å²) in [5.74, 6) is 0.0615. The number of carbonyl (C=O) groups excluding carboxylic acids is 2. The third-order valence-electron chi connectivity index (χ3n) is 3.77. The minimum absolute atomic E-state index is 0.274. The monoisotopic (exact) mass is 281 g/mol. The standard InChI is InChI=1S/C17H15NO3/c1-10-7-8-11(2)15-14(10)16(19)18(17(15)20)12-5-4-6-13(9-12)21-3/h4-9H,1-3H3. The number of carbonyl (C=O) groups is 2. The van der Waals surface area contributed by atoms with E-state index in [9.17, 15) is 9.59 Å². The molecule has 4 nitrogen and oxygen atoms in total. The van der Waals surface area contributed by atoms with Gasteiger partial charge in [0.25, 0.3) is 11.8 Å². The van der Waals surface area contributed by atoms with Gasteiger partial charge in [-0.05, 0) is 37.1 Å². The Hall–Kier alpha value is -2.62. The maximum absolute atomic E-state index is 12.6. The van der Waals surface area contributed by atoms with E-state index in [0.29, 0.717) is 22.6 Å². The van der Waals surface area contributed by atoms with Crippen LogP contribution in [0.1, 0.15) is 31.8 Å². The van der Waals surface area contributed by atoms with Crippen LogP contribution in [0.4, 0.5) is 5.69 Å². The molecule has 0 unspecified atom stereocenters. The lowest BCUT2D eigenvalue weighted by molar-refractivity contribution is 0.0926. The molecule has 0 radical (unpaired) electrons. The Morgan fingerprint density at radius 1 is 0.905 bits per heavy atom. The fraction of sp³-hybridized carbons (Fsp3) is 0.176. The van der Waals surface area contributed by atoms with E-state index in [1.165, 1.54) is 4.90 Å². The van der Waals surface area contributed by atoms with Crippen molar-refractivity contribution < 1.29 is 14.3 Å². The SMILES string of the molecule is COc1cccc(N2C(=O)c3c(C)ccc(C)c3C2=O)c1. The lowest BCUT2D eigenvalue weighted by Gasteiger charge is -2.14. The summed E-state index contributed by atoms with van der Waals surface area (Å²) in [4.78, 5) is 26.5. The van der Waals surface area contributed by atoms with Crippen molar-refractivity contribution in [1.29, 1.82) is 0 Å². The van der Waals surface area contributed by atoms with Crippen molar-refractivity contribution in [1.82, 2.24) is 0 Å². The highest BCUT2D eigenvalue weighted by Crippen LogP contribution is 2.33. The second-order valence-corrected chi connectivity index (χ2v) is 5.10. The molecule has 1 aliphatic heterocycles. The first-order chi connectivity index (χ1) is 10.0. The molecule has 0 fully saturated rings. The number of nitrogens with zero attached hydrogens (tertiary/aromatic N) is 1. The summed E-state index contributed by atoms with van der Waals surface area (Å²) >= 11 is 0. The Labute approximate surface area is 123 Å². The van der Waals surface area contributed by atoms with Gasteiger partial charge in [-0.1, -0.05) is 18.2 Å². The van der Waals surface area contributed by atoms with Crippen LogP contribution < -0.4 is 9.64 Å². The third-order valence-corrected chi connectivity index (χ3v) is 3.77. The topological polar surface area (TPSA) is 46.6 Å². The van der Waals surface area contributed by atoms with Crippen molar-refractivity contribution in [2.45, 2.75) is 13.8 Å². The van der Waals surface area contributed by atoms with Crippen molar-refractivity contribution in [3.05, 3.63) is 58.7 Å². The number of hydrogen-bond acceptors (Lipinski definition) is 3. The molecule has 106 valence electrons. The molecule has 0 saturated carbocycles. The fourth-order valence-electron chi connectivity index (χ4n) is 2.66. The Balaban J connectivity index is 2.16. The van der Waals surface area contributed by atoms with Gasteiger partial charge in [-0.25, -0.2) is 4.90 Å². The van der Waals surface area contributed by atoms with Gasteiger partial charge in [-0.15, -0.1) is 0 Å². The maximum atomic E-state index is 12.6. The van der Waals surface area contributed by atoms with Gasteiger partial charge in [0, 0.05) is 6.07 Å². The van der Waals surface area contributed by atoms with Crippen LogP contribution in [0.25, 0.3) is 0 Å². The van der Waals surface area contributed by atoms with Gasteiger partial charge in [0.1, 0.15) is 5.75 Å². The van der Waals surface area contributed by atoms with E-state index in [4.69, 9.17) is 4.74 Å². The molecule has 3 rings (SSSR count). The first-order valence-corrected chi connectivity index (χ1v) is 6.67. The Morgan fingerprint density at radius 3 is 2.00 bits per heavy atom. The molecule has 0 saturated heterocycles. The van der Waals surface area contributed by atoms with Crippen molar-refractivity contribution in [3.8, 4) is 5.75 Å². The highest BCUT2D eigenvalue weighted by Gasteiger charge is 2.38. The predicted octanol–water partition coefficient (Wildman–Crippen LogP) is 3.11. The van der Waals surface area contributed by atoms with Crippen LogP contribution in [-0.2, 0) is 0 Å². The molecule has 0 spiro atoms. The molecule has 2 aromatic carbocycles. The summed E-state index contributed by atoms with van der Waals surface area (Å²) in [5, 5.41) is 0. The third kappa shape index (κ3) is 1.91. The fourth-order valence-corrected chi connectivity index (χ4v) is 2.66. The summed E-state index contributed by atoms with van der Waals surface area (Å²) in [7, 11) is 1.55. The number of benzene rings is 2. The summed E-state index contributed by atoms with van der Waals surface area (Å²) in [6.07, 6.45) is 0. The first kappa shape index (κ1) is 13.4. The minimum atomic E-state index is -0.274. The molecule has 1 heterocycles. The molecular weight excluding hydrogens is 266 g/mol. The summed E-state index contributed by atoms with van der Waals surface area (Å²) in [6, 6.07) is 10.7. The van der Waals surface area contributed by atoms with Gasteiger partial charge in [-0.2, -0.15) is 0 Å². The Kier molecular flexibility index (Phi) is 3.01. The van der Waals surface area contributed by atoms with Gasteiger partial charge in [0.05, 0.1) is 23.9 Å². The van der Waals surface area contributed by atoms with Crippen LogP contribution in [0.3, 0.4) is 0 Å². The van der Waals surface area contributed by atoms with Gasteiger partial charge < -0.3 is 4.74 Å². The largest absolute Gasteiger partial charge is 0.497 e. The Bertz CT molecular complexity index is 724. The first-order valence-electron chi connectivity index (χ1n) is 6.67. The molecule has 0 aromatic heterocycles. The molecule has 1 aliphatic rings. The van der Waals surface area contributed by atoms with Crippen molar-refractivity contribution >= 4 is 17.5 Å². The quantitative estimate of drug-likeness (QED) is 0.795. The molecule has 2 amide bonds.